The molecule has 1 heterocycles. The van der Waals surface area contributed by atoms with Gasteiger partial charge >= 0.3 is 0 Å². The molecule has 3 nitrogen and oxygen atoms in total. The Morgan fingerprint density at radius 1 is 1.00 bits per heavy atom. The van der Waals surface area contributed by atoms with Gasteiger partial charge in [-0.15, -0.1) is 0 Å². The maximum absolute atomic E-state index is 12.9. The van der Waals surface area contributed by atoms with Crippen LogP contribution in [0.1, 0.15) is 26.8 Å². The Hall–Kier alpha value is -2.55. The van der Waals surface area contributed by atoms with Crippen molar-refractivity contribution in [2.45, 2.75) is 26.8 Å². The van der Waals surface area contributed by atoms with Crippen LogP contribution in [0.4, 0.5) is 0 Å². The molecule has 0 aliphatic carbocycles. The number of carbonyl (C=O) groups excluding carboxylic acids is 1. The fraction of sp³-hybridized carbons (Fsp3) is 0.286. The first kappa shape index (κ1) is 16.3. The molecule has 3 aromatic rings. The van der Waals surface area contributed by atoms with E-state index in [1.165, 1.54) is 0 Å². The molecule has 124 valence electrons. The molecule has 0 fully saturated rings. The molecule has 0 N–H and O–H groups in total. The van der Waals surface area contributed by atoms with E-state index in [0.717, 1.165) is 35.2 Å². The Morgan fingerprint density at radius 3 is 2.29 bits per heavy atom. The molecular formula is C21H24N2O. The summed E-state index contributed by atoms with van der Waals surface area (Å²) in [6.07, 6.45) is 0. The summed E-state index contributed by atoms with van der Waals surface area (Å²) in [5.41, 5.74) is 3.32. The lowest BCUT2D eigenvalue weighted by Gasteiger charge is -2.25. The predicted molar refractivity (Wildman–Crippen MR) is 100 cm³/mol. The van der Waals surface area contributed by atoms with E-state index in [-0.39, 0.29) is 11.9 Å². The van der Waals surface area contributed by atoms with Crippen LogP contribution in [0.15, 0.2) is 60.7 Å². The molecule has 2 aromatic carbocycles. The van der Waals surface area contributed by atoms with E-state index in [2.05, 4.69) is 34.9 Å². The van der Waals surface area contributed by atoms with Gasteiger partial charge in [0, 0.05) is 29.7 Å². The number of rotatable bonds is 5. The molecule has 1 atom stereocenters. The molecular weight excluding hydrogens is 296 g/mol. The topological polar surface area (TPSA) is 25.2 Å². The largest absolute Gasteiger partial charge is 0.341 e. The Morgan fingerprint density at radius 2 is 1.62 bits per heavy atom. The lowest BCUT2D eigenvalue weighted by molar-refractivity contribution is -0.133. The van der Waals surface area contributed by atoms with Crippen molar-refractivity contribution in [3.8, 4) is 11.3 Å². The van der Waals surface area contributed by atoms with Gasteiger partial charge in [-0.1, -0.05) is 48.5 Å². The van der Waals surface area contributed by atoms with E-state index in [4.69, 9.17) is 0 Å². The third kappa shape index (κ3) is 2.82. The van der Waals surface area contributed by atoms with E-state index in [9.17, 15) is 4.79 Å². The lowest BCUT2D eigenvalue weighted by atomic mass is 10.1. The second-order valence-electron chi connectivity index (χ2n) is 6.01. The molecule has 24 heavy (non-hydrogen) atoms. The maximum atomic E-state index is 12.9. The smallest absolute Gasteiger partial charge is 0.245 e. The Labute approximate surface area is 143 Å². The zero-order chi connectivity index (χ0) is 17.1. The molecule has 0 bridgehead atoms. The van der Waals surface area contributed by atoms with Crippen molar-refractivity contribution in [2.75, 3.05) is 13.1 Å². The zero-order valence-electron chi connectivity index (χ0n) is 14.6. The number of hydrogen-bond donors (Lipinski definition) is 0. The van der Waals surface area contributed by atoms with Crippen LogP contribution in [0.3, 0.4) is 0 Å². The van der Waals surface area contributed by atoms with E-state index in [0.29, 0.717) is 0 Å². The number of likely N-dealkylation sites (N-methyl/N-ethyl adjacent to an activating group) is 1. The minimum Gasteiger partial charge on any atom is -0.341 e. The summed E-state index contributed by atoms with van der Waals surface area (Å²) < 4.78 is 2.17. The van der Waals surface area contributed by atoms with Crippen molar-refractivity contribution in [3.63, 3.8) is 0 Å². The molecule has 1 aromatic heterocycles. The van der Waals surface area contributed by atoms with E-state index in [1.807, 2.05) is 56.0 Å². The third-order valence-electron chi connectivity index (χ3n) is 4.64. The van der Waals surface area contributed by atoms with Crippen LogP contribution < -0.4 is 0 Å². The lowest BCUT2D eigenvalue weighted by Crippen LogP contribution is -2.36. The van der Waals surface area contributed by atoms with Crippen LogP contribution in [0.2, 0.25) is 0 Å². The highest BCUT2D eigenvalue weighted by atomic mass is 16.2. The monoisotopic (exact) mass is 320 g/mol. The number of aromatic nitrogens is 1. The quantitative estimate of drug-likeness (QED) is 0.666. The molecule has 0 saturated heterocycles. The van der Waals surface area contributed by atoms with Gasteiger partial charge in [0.05, 0.1) is 0 Å². The van der Waals surface area contributed by atoms with Crippen molar-refractivity contribution in [1.29, 1.82) is 0 Å². The van der Waals surface area contributed by atoms with Crippen LogP contribution in [-0.2, 0) is 4.79 Å². The molecule has 1 amide bonds. The molecule has 0 aliphatic rings. The number of nitrogens with zero attached hydrogens (tertiary/aromatic N) is 2. The highest BCUT2D eigenvalue weighted by Crippen LogP contribution is 2.32. The third-order valence-corrected chi connectivity index (χ3v) is 4.64. The SMILES string of the molecule is CCN(CC)C(=O)C(C)n1c(-c2ccccc2)cc2ccccc21. The second-order valence-corrected chi connectivity index (χ2v) is 6.01. The first-order chi connectivity index (χ1) is 11.7. The average Bonchev–Trinajstić information content (AvgIpc) is 3.02. The van der Waals surface area contributed by atoms with Gasteiger partial charge in [0.15, 0.2) is 0 Å². The Bertz CT molecular complexity index is 831. The number of para-hydroxylation sites is 1. The summed E-state index contributed by atoms with van der Waals surface area (Å²) in [6.45, 7) is 7.53. The van der Waals surface area contributed by atoms with Gasteiger partial charge in [-0.25, -0.2) is 0 Å². The molecule has 0 radical (unpaired) electrons. The summed E-state index contributed by atoms with van der Waals surface area (Å²) in [4.78, 5) is 14.8. The normalized spacial score (nSPS) is 12.3. The molecule has 0 spiro atoms. The van der Waals surface area contributed by atoms with Crippen LogP contribution in [0, 0.1) is 0 Å². The predicted octanol–water partition coefficient (Wildman–Crippen LogP) is 4.74. The highest BCUT2D eigenvalue weighted by molar-refractivity contribution is 5.90. The fourth-order valence-electron chi connectivity index (χ4n) is 3.33. The van der Waals surface area contributed by atoms with Gasteiger partial charge in [0.25, 0.3) is 0 Å². The summed E-state index contributed by atoms with van der Waals surface area (Å²) in [6, 6.07) is 20.5. The Balaban J connectivity index is 2.16. The average molecular weight is 320 g/mol. The first-order valence-corrected chi connectivity index (χ1v) is 8.61. The molecule has 3 heteroatoms. The van der Waals surface area contributed by atoms with Gasteiger partial charge in [-0.2, -0.15) is 0 Å². The molecule has 0 saturated carbocycles. The van der Waals surface area contributed by atoms with Crippen molar-refractivity contribution in [2.24, 2.45) is 0 Å². The zero-order valence-corrected chi connectivity index (χ0v) is 14.6. The summed E-state index contributed by atoms with van der Waals surface area (Å²) in [7, 11) is 0. The first-order valence-electron chi connectivity index (χ1n) is 8.61. The van der Waals surface area contributed by atoms with Crippen LogP contribution in [0.5, 0.6) is 0 Å². The molecule has 3 rings (SSSR count). The van der Waals surface area contributed by atoms with E-state index >= 15 is 0 Å². The number of amides is 1. The van der Waals surface area contributed by atoms with Gasteiger partial charge in [0.1, 0.15) is 6.04 Å². The standard InChI is InChI=1S/C21H24N2O/c1-4-22(5-2)21(24)16(3)23-19-14-10-9-13-18(19)15-20(23)17-11-7-6-8-12-17/h6-16H,4-5H2,1-3H3. The Kier molecular flexibility index (Phi) is 4.70. The van der Waals surface area contributed by atoms with Crippen molar-refractivity contribution < 1.29 is 4.79 Å². The minimum absolute atomic E-state index is 0.165. The second kappa shape index (κ2) is 6.91. The van der Waals surface area contributed by atoms with E-state index in [1.54, 1.807) is 0 Å². The van der Waals surface area contributed by atoms with Crippen LogP contribution in [-0.4, -0.2) is 28.5 Å². The summed E-state index contributed by atoms with van der Waals surface area (Å²) in [5.74, 6) is 0.165. The van der Waals surface area contributed by atoms with Crippen molar-refractivity contribution in [3.05, 3.63) is 60.7 Å². The van der Waals surface area contributed by atoms with Gasteiger partial charge in [0.2, 0.25) is 5.91 Å². The maximum Gasteiger partial charge on any atom is 0.245 e. The van der Waals surface area contributed by atoms with E-state index < -0.39 is 0 Å². The van der Waals surface area contributed by atoms with Gasteiger partial charge in [-0.05, 0) is 38.5 Å². The van der Waals surface area contributed by atoms with Crippen molar-refractivity contribution >= 4 is 16.8 Å². The fourth-order valence-corrected chi connectivity index (χ4v) is 3.33. The highest BCUT2D eigenvalue weighted by Gasteiger charge is 2.24. The number of hydrogen-bond acceptors (Lipinski definition) is 1. The van der Waals surface area contributed by atoms with Crippen molar-refractivity contribution in [1.82, 2.24) is 9.47 Å². The number of carbonyl (C=O) groups is 1. The molecule has 0 aliphatic heterocycles. The van der Waals surface area contributed by atoms with Crippen LogP contribution >= 0.6 is 0 Å². The number of benzene rings is 2. The minimum atomic E-state index is -0.236. The molecule has 1 unspecified atom stereocenters. The summed E-state index contributed by atoms with van der Waals surface area (Å²) in [5, 5.41) is 1.16. The van der Waals surface area contributed by atoms with Crippen LogP contribution in [0.25, 0.3) is 22.2 Å². The summed E-state index contributed by atoms with van der Waals surface area (Å²) >= 11 is 0. The number of fused-ring (bicyclic) bond motifs is 1. The van der Waals surface area contributed by atoms with Gasteiger partial charge in [-0.3, -0.25) is 4.79 Å². The van der Waals surface area contributed by atoms with Gasteiger partial charge < -0.3 is 9.47 Å².